The fourth-order valence-electron chi connectivity index (χ4n) is 2.91. The van der Waals surface area contributed by atoms with Gasteiger partial charge in [-0.25, -0.2) is 4.39 Å². The molecule has 0 aliphatic heterocycles. The monoisotopic (exact) mass is 280 g/mol. The molecule has 3 nitrogen and oxygen atoms in total. The van der Waals surface area contributed by atoms with Crippen molar-refractivity contribution >= 4 is 5.78 Å². The maximum absolute atomic E-state index is 14.1. The number of methoxy groups -OCH3 is 1. The van der Waals surface area contributed by atoms with Crippen molar-refractivity contribution in [2.75, 3.05) is 13.7 Å². The summed E-state index contributed by atoms with van der Waals surface area (Å²) in [6.45, 7) is 2.39. The first-order valence-electron chi connectivity index (χ1n) is 7.11. The van der Waals surface area contributed by atoms with E-state index in [0.29, 0.717) is 12.2 Å². The molecule has 1 aliphatic rings. The summed E-state index contributed by atoms with van der Waals surface area (Å²) in [6, 6.07) is 4.88. The average molecular weight is 280 g/mol. The Morgan fingerprint density at radius 1 is 1.35 bits per heavy atom. The molecule has 20 heavy (non-hydrogen) atoms. The van der Waals surface area contributed by atoms with E-state index in [1.54, 1.807) is 18.2 Å². The van der Waals surface area contributed by atoms with E-state index in [4.69, 9.17) is 9.47 Å². The smallest absolute Gasteiger partial charge is 0.169 e. The highest BCUT2D eigenvalue weighted by atomic mass is 19.1. The standard InChI is InChI=1S/C16H21FO3/c1-3-20-16(9-4-5-10-16)14(18)11-12-7-6-8-13(19-2)15(12)17/h6-8H,3-5,9-11H2,1-2H3. The summed E-state index contributed by atoms with van der Waals surface area (Å²) in [5, 5.41) is 0. The highest BCUT2D eigenvalue weighted by Crippen LogP contribution is 2.35. The lowest BCUT2D eigenvalue weighted by atomic mass is 9.91. The maximum atomic E-state index is 14.1. The van der Waals surface area contributed by atoms with Crippen LogP contribution >= 0.6 is 0 Å². The van der Waals surface area contributed by atoms with Crippen LogP contribution in [0.2, 0.25) is 0 Å². The molecule has 2 rings (SSSR count). The van der Waals surface area contributed by atoms with Crippen LogP contribution in [0.4, 0.5) is 4.39 Å². The molecule has 1 aromatic carbocycles. The minimum atomic E-state index is -0.704. The number of hydrogen-bond donors (Lipinski definition) is 0. The number of ketones is 1. The molecule has 0 bridgehead atoms. The van der Waals surface area contributed by atoms with Crippen molar-refractivity contribution in [2.45, 2.75) is 44.6 Å². The van der Waals surface area contributed by atoms with Gasteiger partial charge in [-0.2, -0.15) is 0 Å². The molecular weight excluding hydrogens is 259 g/mol. The predicted octanol–water partition coefficient (Wildman–Crippen LogP) is 3.30. The Kier molecular flexibility index (Phi) is 4.76. The lowest BCUT2D eigenvalue weighted by Gasteiger charge is -2.27. The molecule has 0 radical (unpaired) electrons. The number of Topliss-reactive ketones (excluding diaryl/α,β-unsaturated/α-hetero) is 1. The Morgan fingerprint density at radius 2 is 2.05 bits per heavy atom. The number of benzene rings is 1. The van der Waals surface area contributed by atoms with Crippen LogP contribution in [0.15, 0.2) is 18.2 Å². The molecule has 110 valence electrons. The van der Waals surface area contributed by atoms with Gasteiger partial charge in [0.1, 0.15) is 5.60 Å². The van der Waals surface area contributed by atoms with Gasteiger partial charge in [-0.05, 0) is 44.2 Å². The predicted molar refractivity (Wildman–Crippen MR) is 74.5 cm³/mol. The van der Waals surface area contributed by atoms with Crippen LogP contribution < -0.4 is 4.74 Å². The maximum Gasteiger partial charge on any atom is 0.169 e. The highest BCUT2D eigenvalue weighted by Gasteiger charge is 2.41. The third kappa shape index (κ3) is 2.85. The van der Waals surface area contributed by atoms with Crippen LogP contribution in [0.3, 0.4) is 0 Å². The topological polar surface area (TPSA) is 35.5 Å². The molecule has 0 heterocycles. The van der Waals surface area contributed by atoms with E-state index in [0.717, 1.165) is 25.7 Å². The second kappa shape index (κ2) is 6.35. The summed E-state index contributed by atoms with van der Waals surface area (Å²) in [4.78, 5) is 12.5. The summed E-state index contributed by atoms with van der Waals surface area (Å²) < 4.78 is 24.8. The summed E-state index contributed by atoms with van der Waals surface area (Å²) in [6.07, 6.45) is 3.53. The number of carbonyl (C=O) groups excluding carboxylic acids is 1. The first-order valence-corrected chi connectivity index (χ1v) is 7.11. The van der Waals surface area contributed by atoms with Crippen LogP contribution in [-0.4, -0.2) is 25.1 Å². The van der Waals surface area contributed by atoms with Gasteiger partial charge < -0.3 is 9.47 Å². The molecule has 4 heteroatoms. The average Bonchev–Trinajstić information content (AvgIpc) is 2.91. The third-order valence-corrected chi connectivity index (χ3v) is 3.95. The van der Waals surface area contributed by atoms with Crippen LogP contribution in [0.1, 0.15) is 38.2 Å². The quantitative estimate of drug-likeness (QED) is 0.802. The van der Waals surface area contributed by atoms with Gasteiger partial charge in [0.05, 0.1) is 7.11 Å². The van der Waals surface area contributed by atoms with Gasteiger partial charge >= 0.3 is 0 Å². The van der Waals surface area contributed by atoms with Crippen molar-refractivity contribution in [3.63, 3.8) is 0 Å². The largest absolute Gasteiger partial charge is 0.494 e. The second-order valence-electron chi connectivity index (χ2n) is 5.17. The van der Waals surface area contributed by atoms with E-state index in [9.17, 15) is 9.18 Å². The lowest BCUT2D eigenvalue weighted by molar-refractivity contribution is -0.142. The van der Waals surface area contributed by atoms with E-state index >= 15 is 0 Å². The molecular formula is C16H21FO3. The fraction of sp³-hybridized carbons (Fsp3) is 0.562. The zero-order chi connectivity index (χ0) is 14.6. The lowest BCUT2D eigenvalue weighted by Crippen LogP contribution is -2.40. The van der Waals surface area contributed by atoms with Gasteiger partial charge in [-0.15, -0.1) is 0 Å². The molecule has 1 aromatic rings. The van der Waals surface area contributed by atoms with Crippen molar-refractivity contribution in [3.05, 3.63) is 29.6 Å². The summed E-state index contributed by atoms with van der Waals surface area (Å²) in [5.74, 6) is -0.302. The molecule has 0 unspecified atom stereocenters. The van der Waals surface area contributed by atoms with E-state index in [1.807, 2.05) is 6.92 Å². The van der Waals surface area contributed by atoms with Crippen LogP contribution in [0.5, 0.6) is 5.75 Å². The molecule has 0 N–H and O–H groups in total. The minimum absolute atomic E-state index is 0.0241. The van der Waals surface area contributed by atoms with Gasteiger partial charge in [0.25, 0.3) is 0 Å². The van der Waals surface area contributed by atoms with Crippen molar-refractivity contribution in [2.24, 2.45) is 0 Å². The van der Waals surface area contributed by atoms with Crippen molar-refractivity contribution < 1.29 is 18.7 Å². The second-order valence-corrected chi connectivity index (χ2v) is 5.17. The molecule has 1 aliphatic carbocycles. The number of carbonyl (C=O) groups is 1. The Morgan fingerprint density at radius 3 is 2.65 bits per heavy atom. The van der Waals surface area contributed by atoms with E-state index in [-0.39, 0.29) is 18.0 Å². The van der Waals surface area contributed by atoms with Crippen molar-refractivity contribution in [1.82, 2.24) is 0 Å². The van der Waals surface area contributed by atoms with Crippen molar-refractivity contribution in [1.29, 1.82) is 0 Å². The first-order chi connectivity index (χ1) is 9.63. The van der Waals surface area contributed by atoms with E-state index in [2.05, 4.69) is 0 Å². The molecule has 0 aromatic heterocycles. The zero-order valence-electron chi connectivity index (χ0n) is 12.1. The van der Waals surface area contributed by atoms with E-state index < -0.39 is 11.4 Å². The Hall–Kier alpha value is -1.42. The summed E-state index contributed by atoms with van der Waals surface area (Å²) in [5.41, 5.74) is -0.329. The van der Waals surface area contributed by atoms with Crippen LogP contribution in [0.25, 0.3) is 0 Å². The van der Waals surface area contributed by atoms with Gasteiger partial charge in [-0.3, -0.25) is 4.79 Å². The molecule has 0 amide bonds. The van der Waals surface area contributed by atoms with Gasteiger partial charge in [-0.1, -0.05) is 12.1 Å². The van der Waals surface area contributed by atoms with Crippen molar-refractivity contribution in [3.8, 4) is 5.75 Å². The SMILES string of the molecule is CCOC1(C(=O)Cc2cccc(OC)c2F)CCCC1. The van der Waals surface area contributed by atoms with Crippen LogP contribution in [0, 0.1) is 5.82 Å². The fourth-order valence-corrected chi connectivity index (χ4v) is 2.91. The normalized spacial score (nSPS) is 17.1. The third-order valence-electron chi connectivity index (χ3n) is 3.95. The summed E-state index contributed by atoms with van der Waals surface area (Å²) >= 11 is 0. The van der Waals surface area contributed by atoms with Gasteiger partial charge in [0.15, 0.2) is 17.3 Å². The first kappa shape index (κ1) is 15.0. The number of halogens is 1. The number of hydrogen-bond acceptors (Lipinski definition) is 3. The number of ether oxygens (including phenoxy) is 2. The molecule has 0 saturated heterocycles. The highest BCUT2D eigenvalue weighted by molar-refractivity contribution is 5.89. The Bertz CT molecular complexity index is 479. The Labute approximate surface area is 119 Å². The Balaban J connectivity index is 2.18. The summed E-state index contributed by atoms with van der Waals surface area (Å²) in [7, 11) is 1.42. The van der Waals surface area contributed by atoms with Crippen LogP contribution in [-0.2, 0) is 16.0 Å². The molecule has 1 saturated carbocycles. The molecule has 0 spiro atoms. The zero-order valence-corrected chi connectivity index (χ0v) is 12.1. The minimum Gasteiger partial charge on any atom is -0.494 e. The van der Waals surface area contributed by atoms with Gasteiger partial charge in [0.2, 0.25) is 0 Å². The number of rotatable bonds is 6. The van der Waals surface area contributed by atoms with Gasteiger partial charge in [0, 0.05) is 13.0 Å². The molecule has 1 fully saturated rings. The molecule has 0 atom stereocenters. The van der Waals surface area contributed by atoms with E-state index in [1.165, 1.54) is 7.11 Å².